The number of hydrogen-bond acceptors (Lipinski definition) is 13. The molecule has 0 aromatic rings. The molecule has 0 unspecified atom stereocenters. The molecule has 0 radical (unpaired) electrons. The van der Waals surface area contributed by atoms with Gasteiger partial charge in [-0.25, -0.2) is 0 Å². The van der Waals surface area contributed by atoms with Crippen LogP contribution < -0.4 is 0 Å². The van der Waals surface area contributed by atoms with Crippen LogP contribution in [0.3, 0.4) is 0 Å². The highest BCUT2D eigenvalue weighted by atomic mass is 16.6. The first kappa shape index (κ1) is 45.2. The van der Waals surface area contributed by atoms with Crippen molar-refractivity contribution < 1.29 is 47.7 Å². The number of hydrogen-bond donors (Lipinski definition) is 0. The molecule has 0 aliphatic heterocycles. The molecule has 0 saturated heterocycles. The Labute approximate surface area is 289 Å². The van der Waals surface area contributed by atoms with Crippen LogP contribution in [-0.4, -0.2) is 131 Å². The second kappa shape index (κ2) is 18.3. The molecule has 0 aromatic heterocycles. The summed E-state index contributed by atoms with van der Waals surface area (Å²) in [4.78, 5) is 69.4. The Bertz CT molecular complexity index is 1010. The summed E-state index contributed by atoms with van der Waals surface area (Å²) in [5, 5.41) is 0. The standard InChI is InChI=1S/C35H65N3O10/c1-25(38(23-29(42)47-34(11,12)13)24-30(43)48-35(14,15)16)19-36(20-26(39)44-31(2,3)4)17-18-37(21-27(40)45-32(5,6)7)22-28(41)46-33(8,9)10/h25H,17-24H2,1-16H3/t25-/m0/s1. The zero-order valence-corrected chi connectivity index (χ0v) is 32.7. The molecule has 13 heteroatoms. The predicted octanol–water partition coefficient (Wildman–Crippen LogP) is 3.99. The van der Waals surface area contributed by atoms with Crippen molar-refractivity contribution in [3.05, 3.63) is 0 Å². The lowest BCUT2D eigenvalue weighted by Gasteiger charge is -2.34. The number of carbonyl (C=O) groups excluding carboxylic acids is 5. The van der Waals surface area contributed by atoms with Gasteiger partial charge in [0.15, 0.2) is 0 Å². The van der Waals surface area contributed by atoms with Crippen LogP contribution >= 0.6 is 0 Å². The number of carbonyl (C=O) groups is 5. The zero-order valence-electron chi connectivity index (χ0n) is 32.7. The Hall–Kier alpha value is -2.77. The predicted molar refractivity (Wildman–Crippen MR) is 183 cm³/mol. The average molecular weight is 688 g/mol. The van der Waals surface area contributed by atoms with Crippen LogP contribution in [-0.2, 0) is 47.7 Å². The summed E-state index contributed by atoms with van der Waals surface area (Å²) < 4.78 is 27.7. The van der Waals surface area contributed by atoms with E-state index in [1.807, 2.05) is 6.92 Å². The van der Waals surface area contributed by atoms with Crippen molar-refractivity contribution in [3.8, 4) is 0 Å². The molecular weight excluding hydrogens is 622 g/mol. The van der Waals surface area contributed by atoms with E-state index >= 15 is 0 Å². The molecule has 0 rings (SSSR count). The highest BCUT2D eigenvalue weighted by Gasteiger charge is 2.30. The van der Waals surface area contributed by atoms with E-state index in [-0.39, 0.29) is 52.4 Å². The monoisotopic (exact) mass is 687 g/mol. The molecule has 0 aliphatic carbocycles. The first-order chi connectivity index (χ1) is 21.3. The Morgan fingerprint density at radius 2 is 0.646 bits per heavy atom. The van der Waals surface area contributed by atoms with E-state index in [0.717, 1.165) is 0 Å². The van der Waals surface area contributed by atoms with Gasteiger partial charge in [0.05, 0.1) is 32.7 Å². The van der Waals surface area contributed by atoms with Crippen molar-refractivity contribution in [3.63, 3.8) is 0 Å². The van der Waals surface area contributed by atoms with Gasteiger partial charge in [0.1, 0.15) is 28.0 Å². The van der Waals surface area contributed by atoms with Gasteiger partial charge in [-0.15, -0.1) is 0 Å². The van der Waals surface area contributed by atoms with E-state index in [2.05, 4.69) is 0 Å². The van der Waals surface area contributed by atoms with Gasteiger partial charge in [0.2, 0.25) is 0 Å². The molecule has 0 spiro atoms. The van der Waals surface area contributed by atoms with Crippen molar-refractivity contribution in [1.29, 1.82) is 0 Å². The molecule has 48 heavy (non-hydrogen) atoms. The zero-order chi connectivity index (χ0) is 37.9. The van der Waals surface area contributed by atoms with Gasteiger partial charge in [-0.05, 0) is 111 Å². The third-order valence-corrected chi connectivity index (χ3v) is 5.70. The van der Waals surface area contributed by atoms with Gasteiger partial charge in [0.25, 0.3) is 0 Å². The highest BCUT2D eigenvalue weighted by Crippen LogP contribution is 2.14. The molecule has 0 N–H and O–H groups in total. The summed E-state index contributed by atoms with van der Waals surface area (Å²) >= 11 is 0. The van der Waals surface area contributed by atoms with Gasteiger partial charge in [-0.3, -0.25) is 38.7 Å². The molecule has 280 valence electrons. The van der Waals surface area contributed by atoms with Crippen molar-refractivity contribution >= 4 is 29.8 Å². The average Bonchev–Trinajstić information content (AvgIpc) is 2.75. The number of nitrogens with zero attached hydrogens (tertiary/aromatic N) is 3. The maximum atomic E-state index is 13.0. The Balaban J connectivity index is 6.27. The maximum Gasteiger partial charge on any atom is 0.320 e. The number of esters is 5. The van der Waals surface area contributed by atoms with Crippen LogP contribution in [0.4, 0.5) is 0 Å². The highest BCUT2D eigenvalue weighted by molar-refractivity contribution is 5.76. The Morgan fingerprint density at radius 1 is 0.417 bits per heavy atom. The molecule has 0 aliphatic rings. The van der Waals surface area contributed by atoms with Gasteiger partial charge >= 0.3 is 29.8 Å². The first-order valence-electron chi connectivity index (χ1n) is 16.6. The lowest BCUT2D eigenvalue weighted by Crippen LogP contribution is -2.51. The molecule has 0 amide bonds. The minimum absolute atomic E-state index is 0.124. The van der Waals surface area contributed by atoms with Crippen LogP contribution in [0.2, 0.25) is 0 Å². The van der Waals surface area contributed by atoms with Crippen molar-refractivity contribution in [2.24, 2.45) is 0 Å². The van der Waals surface area contributed by atoms with E-state index < -0.39 is 63.9 Å². The summed E-state index contributed by atoms with van der Waals surface area (Å²) in [5.41, 5.74) is -3.64. The normalized spacial score (nSPS) is 13.7. The molecule has 0 bridgehead atoms. The molecule has 0 fully saturated rings. The fourth-order valence-corrected chi connectivity index (χ4v) is 4.34. The van der Waals surface area contributed by atoms with Gasteiger partial charge in [-0.2, -0.15) is 0 Å². The summed E-state index contributed by atoms with van der Waals surface area (Å²) in [5.74, 6) is -2.54. The minimum Gasteiger partial charge on any atom is -0.459 e. The molecule has 0 saturated carbocycles. The van der Waals surface area contributed by atoms with Crippen molar-refractivity contribution in [1.82, 2.24) is 14.7 Å². The van der Waals surface area contributed by atoms with Crippen LogP contribution in [0, 0.1) is 0 Å². The number of rotatable bonds is 16. The van der Waals surface area contributed by atoms with Crippen LogP contribution in [0.1, 0.15) is 111 Å². The van der Waals surface area contributed by atoms with E-state index in [0.29, 0.717) is 0 Å². The smallest absolute Gasteiger partial charge is 0.320 e. The SMILES string of the molecule is C[C@@H](CN(CCN(CC(=O)OC(C)(C)C)CC(=O)OC(C)(C)C)CC(=O)OC(C)(C)C)N(CC(=O)OC(C)(C)C)CC(=O)OC(C)(C)C. The topological polar surface area (TPSA) is 141 Å². The quantitative estimate of drug-likeness (QED) is 0.171. The maximum absolute atomic E-state index is 13.0. The summed E-state index contributed by atoms with van der Waals surface area (Å²) in [6, 6.07) is -0.447. The third-order valence-electron chi connectivity index (χ3n) is 5.70. The lowest BCUT2D eigenvalue weighted by molar-refractivity contribution is -0.162. The van der Waals surface area contributed by atoms with Crippen LogP contribution in [0.15, 0.2) is 0 Å². The lowest BCUT2D eigenvalue weighted by atomic mass is 10.2. The minimum atomic E-state index is -0.730. The summed E-state index contributed by atoms with van der Waals surface area (Å²) in [6.45, 7) is 28.0. The summed E-state index contributed by atoms with van der Waals surface area (Å²) in [6.07, 6.45) is 0. The first-order valence-corrected chi connectivity index (χ1v) is 16.6. The molecule has 13 nitrogen and oxygen atoms in total. The van der Waals surface area contributed by atoms with E-state index in [9.17, 15) is 24.0 Å². The van der Waals surface area contributed by atoms with Crippen molar-refractivity contribution in [2.45, 2.75) is 145 Å². The largest absolute Gasteiger partial charge is 0.459 e. The van der Waals surface area contributed by atoms with Gasteiger partial charge < -0.3 is 23.7 Å². The van der Waals surface area contributed by atoms with E-state index in [1.54, 1.807) is 119 Å². The third kappa shape index (κ3) is 25.3. The molecule has 0 heterocycles. The second-order valence-electron chi connectivity index (χ2n) is 17.1. The molecule has 0 aromatic carbocycles. The van der Waals surface area contributed by atoms with E-state index in [4.69, 9.17) is 23.7 Å². The van der Waals surface area contributed by atoms with E-state index in [1.165, 1.54) is 0 Å². The Morgan fingerprint density at radius 3 is 0.917 bits per heavy atom. The fraction of sp³-hybridized carbons (Fsp3) is 0.857. The van der Waals surface area contributed by atoms with Crippen LogP contribution in [0.25, 0.3) is 0 Å². The summed E-state index contributed by atoms with van der Waals surface area (Å²) in [7, 11) is 0. The number of ether oxygens (including phenoxy) is 5. The molecular formula is C35H65N3O10. The second-order valence-corrected chi connectivity index (χ2v) is 17.1. The van der Waals surface area contributed by atoms with Crippen molar-refractivity contribution in [2.75, 3.05) is 52.4 Å². The fourth-order valence-electron chi connectivity index (χ4n) is 4.34. The van der Waals surface area contributed by atoms with Crippen LogP contribution in [0.5, 0.6) is 0 Å². The Kier molecular flexibility index (Phi) is 17.2. The van der Waals surface area contributed by atoms with Gasteiger partial charge in [-0.1, -0.05) is 0 Å². The van der Waals surface area contributed by atoms with Gasteiger partial charge in [0, 0.05) is 25.7 Å². The molecule has 1 atom stereocenters.